The number of ketones is 1. The van der Waals surface area contributed by atoms with Gasteiger partial charge in [0.2, 0.25) is 5.78 Å². The van der Waals surface area contributed by atoms with Crippen molar-refractivity contribution in [1.29, 1.82) is 0 Å². The highest BCUT2D eigenvalue weighted by atomic mass is 35.5. The van der Waals surface area contributed by atoms with E-state index in [0.29, 0.717) is 21.2 Å². The monoisotopic (exact) mass is 488 g/mol. The first-order chi connectivity index (χ1) is 15.3. The number of esters is 1. The fourth-order valence-electron chi connectivity index (χ4n) is 3.44. The van der Waals surface area contributed by atoms with Gasteiger partial charge in [0.25, 0.3) is 5.91 Å². The predicted molar refractivity (Wildman–Crippen MR) is 123 cm³/mol. The molecule has 0 saturated carbocycles. The Hall–Kier alpha value is -3.01. The average molecular weight is 489 g/mol. The molecule has 0 unspecified atom stereocenters. The molecule has 0 aliphatic carbocycles. The van der Waals surface area contributed by atoms with Crippen molar-refractivity contribution in [3.8, 4) is 0 Å². The molecule has 1 aliphatic rings. The Kier molecular flexibility index (Phi) is 6.14. The first kappa shape index (κ1) is 22.2. The number of thiazole rings is 1. The molecule has 10 heteroatoms. The largest absolute Gasteiger partial charge is 0.503 e. The van der Waals surface area contributed by atoms with Gasteiger partial charge < -0.3 is 9.84 Å². The van der Waals surface area contributed by atoms with Crippen LogP contribution >= 0.6 is 34.3 Å². The van der Waals surface area contributed by atoms with E-state index in [0.717, 1.165) is 11.3 Å². The third-order valence-corrected chi connectivity index (χ3v) is 7.05. The van der Waals surface area contributed by atoms with Crippen molar-refractivity contribution in [3.05, 3.63) is 79.1 Å². The van der Waals surface area contributed by atoms with Crippen molar-refractivity contribution in [1.82, 2.24) is 4.98 Å². The van der Waals surface area contributed by atoms with Crippen LogP contribution in [-0.4, -0.2) is 34.4 Å². The zero-order chi connectivity index (χ0) is 23.0. The van der Waals surface area contributed by atoms with E-state index in [-0.39, 0.29) is 22.2 Å². The molecular weight excluding hydrogens is 472 g/mol. The molecule has 2 aromatic heterocycles. The molecule has 1 N–H and O–H groups in total. The minimum Gasteiger partial charge on any atom is -0.503 e. The first-order valence-corrected chi connectivity index (χ1v) is 11.7. The molecule has 1 aliphatic heterocycles. The summed E-state index contributed by atoms with van der Waals surface area (Å²) in [7, 11) is 0. The molecule has 3 aromatic rings. The summed E-state index contributed by atoms with van der Waals surface area (Å²) in [5.41, 5.74) is 0.851. The predicted octanol–water partition coefficient (Wildman–Crippen LogP) is 5.13. The van der Waals surface area contributed by atoms with Gasteiger partial charge in [-0.2, -0.15) is 0 Å². The Balaban J connectivity index is 1.86. The Labute approximate surface area is 196 Å². The molecule has 0 radical (unpaired) electrons. The summed E-state index contributed by atoms with van der Waals surface area (Å²) in [5.74, 6) is -2.44. The van der Waals surface area contributed by atoms with E-state index in [1.807, 2.05) is 0 Å². The van der Waals surface area contributed by atoms with Crippen LogP contribution in [0.2, 0.25) is 5.02 Å². The Bertz CT molecular complexity index is 1250. The number of Topliss-reactive ketones (excluding diaryl/α,β-unsaturated/α-hetero) is 1. The van der Waals surface area contributed by atoms with Crippen LogP contribution in [0.5, 0.6) is 0 Å². The standard InChI is InChI=1S/C22H17ClN2O5S2/c1-3-30-21(29)19-11(2)24-22(32-19)25-16(12-6-4-7-13(23)10-12)15(18(27)20(25)28)17(26)14-8-5-9-31-14/h4-10,16,27H,3H2,1-2H3/t16-/m0/s1. The molecule has 1 amide bonds. The number of aromatic nitrogens is 1. The summed E-state index contributed by atoms with van der Waals surface area (Å²) in [6, 6.07) is 9.08. The van der Waals surface area contributed by atoms with E-state index in [2.05, 4.69) is 4.98 Å². The maximum absolute atomic E-state index is 13.3. The number of aliphatic hydroxyl groups is 1. The van der Waals surface area contributed by atoms with E-state index >= 15 is 0 Å². The summed E-state index contributed by atoms with van der Waals surface area (Å²) in [4.78, 5) is 44.9. The molecule has 0 bridgehead atoms. The normalized spacial score (nSPS) is 16.0. The number of aliphatic hydroxyl groups excluding tert-OH is 1. The van der Waals surface area contributed by atoms with Crippen molar-refractivity contribution >= 4 is 57.1 Å². The van der Waals surface area contributed by atoms with E-state index in [9.17, 15) is 19.5 Å². The highest BCUT2D eigenvalue weighted by Gasteiger charge is 2.46. The SMILES string of the molecule is CCOC(=O)c1sc(N2C(=O)C(O)=C(C(=O)c3cccs3)[C@@H]2c2cccc(Cl)c2)nc1C. The number of carbonyl (C=O) groups is 3. The number of rotatable bonds is 6. The fraction of sp³-hybridized carbons (Fsp3) is 0.182. The highest BCUT2D eigenvalue weighted by molar-refractivity contribution is 7.17. The van der Waals surface area contributed by atoms with E-state index in [1.54, 1.807) is 55.6 Å². The molecule has 0 fully saturated rings. The zero-order valence-corrected chi connectivity index (χ0v) is 19.4. The molecule has 3 heterocycles. The third kappa shape index (κ3) is 3.83. The van der Waals surface area contributed by atoms with Crippen LogP contribution in [0.4, 0.5) is 5.13 Å². The minimum atomic E-state index is -0.962. The lowest BCUT2D eigenvalue weighted by Gasteiger charge is -2.24. The topological polar surface area (TPSA) is 96.8 Å². The molecule has 164 valence electrons. The smallest absolute Gasteiger partial charge is 0.350 e. The molecular formula is C22H17ClN2O5S2. The summed E-state index contributed by atoms with van der Waals surface area (Å²) in [6.07, 6.45) is 0. The number of ether oxygens (including phenoxy) is 1. The number of hydrogen-bond donors (Lipinski definition) is 1. The van der Waals surface area contributed by atoms with Gasteiger partial charge in [0.15, 0.2) is 10.9 Å². The molecule has 1 aromatic carbocycles. The van der Waals surface area contributed by atoms with Gasteiger partial charge in [-0.25, -0.2) is 9.78 Å². The Morgan fingerprint density at radius 1 is 1.28 bits per heavy atom. The number of nitrogens with zero attached hydrogens (tertiary/aromatic N) is 2. The third-order valence-electron chi connectivity index (χ3n) is 4.81. The van der Waals surface area contributed by atoms with Crippen LogP contribution in [0.15, 0.2) is 53.1 Å². The lowest BCUT2D eigenvalue weighted by molar-refractivity contribution is -0.117. The molecule has 0 spiro atoms. The first-order valence-electron chi connectivity index (χ1n) is 9.58. The number of hydrogen-bond acceptors (Lipinski definition) is 8. The van der Waals surface area contributed by atoms with E-state index in [1.165, 1.54) is 16.2 Å². The van der Waals surface area contributed by atoms with Crippen LogP contribution in [0.1, 0.15) is 43.6 Å². The van der Waals surface area contributed by atoms with Crippen molar-refractivity contribution in [2.24, 2.45) is 0 Å². The number of carbonyl (C=O) groups excluding carboxylic acids is 3. The van der Waals surface area contributed by atoms with Crippen LogP contribution in [0.3, 0.4) is 0 Å². The van der Waals surface area contributed by atoms with Crippen LogP contribution in [0, 0.1) is 6.92 Å². The van der Waals surface area contributed by atoms with Crippen molar-refractivity contribution in [3.63, 3.8) is 0 Å². The summed E-state index contributed by atoms with van der Waals surface area (Å²) >= 11 is 8.36. The second-order valence-electron chi connectivity index (χ2n) is 6.83. The van der Waals surface area contributed by atoms with Crippen molar-refractivity contribution in [2.45, 2.75) is 19.9 Å². The Morgan fingerprint density at radius 2 is 2.06 bits per heavy atom. The number of benzene rings is 1. The van der Waals surface area contributed by atoms with Crippen LogP contribution < -0.4 is 4.90 Å². The second-order valence-corrected chi connectivity index (χ2v) is 9.19. The molecule has 4 rings (SSSR count). The number of halogens is 1. The van der Waals surface area contributed by atoms with Gasteiger partial charge in [-0.3, -0.25) is 14.5 Å². The highest BCUT2D eigenvalue weighted by Crippen LogP contribution is 2.44. The van der Waals surface area contributed by atoms with Gasteiger partial charge in [-0.15, -0.1) is 11.3 Å². The molecule has 7 nitrogen and oxygen atoms in total. The number of aryl methyl sites for hydroxylation is 1. The quantitative estimate of drug-likeness (QED) is 0.382. The number of anilines is 1. The van der Waals surface area contributed by atoms with Crippen LogP contribution in [0.25, 0.3) is 0 Å². The molecule has 0 saturated heterocycles. The van der Waals surface area contributed by atoms with E-state index < -0.39 is 29.5 Å². The zero-order valence-electron chi connectivity index (χ0n) is 17.0. The minimum absolute atomic E-state index is 0.0646. The number of thiophene rings is 1. The van der Waals surface area contributed by atoms with Gasteiger partial charge in [0.05, 0.1) is 28.8 Å². The van der Waals surface area contributed by atoms with Crippen molar-refractivity contribution in [2.75, 3.05) is 11.5 Å². The van der Waals surface area contributed by atoms with Gasteiger partial charge in [-0.1, -0.05) is 41.1 Å². The second kappa shape index (κ2) is 8.85. The number of amides is 1. The van der Waals surface area contributed by atoms with E-state index in [4.69, 9.17) is 16.3 Å². The van der Waals surface area contributed by atoms with Gasteiger partial charge in [0, 0.05) is 5.02 Å². The van der Waals surface area contributed by atoms with Crippen molar-refractivity contribution < 1.29 is 24.2 Å². The lowest BCUT2D eigenvalue weighted by atomic mass is 9.95. The maximum atomic E-state index is 13.3. The summed E-state index contributed by atoms with van der Waals surface area (Å²) in [6.45, 7) is 3.52. The maximum Gasteiger partial charge on any atom is 0.350 e. The van der Waals surface area contributed by atoms with Gasteiger partial charge >= 0.3 is 5.97 Å². The molecule has 1 atom stereocenters. The van der Waals surface area contributed by atoms with Gasteiger partial charge in [0.1, 0.15) is 4.88 Å². The molecule has 32 heavy (non-hydrogen) atoms. The summed E-state index contributed by atoms with van der Waals surface area (Å²) < 4.78 is 5.07. The average Bonchev–Trinajstić information content (AvgIpc) is 3.47. The van der Waals surface area contributed by atoms with Crippen LogP contribution in [-0.2, 0) is 9.53 Å². The fourth-order valence-corrected chi connectivity index (χ4v) is 5.30. The summed E-state index contributed by atoms with van der Waals surface area (Å²) in [5, 5.41) is 13.1. The Morgan fingerprint density at radius 3 is 2.72 bits per heavy atom. The van der Waals surface area contributed by atoms with Gasteiger partial charge in [-0.05, 0) is 43.0 Å². The lowest BCUT2D eigenvalue weighted by Crippen LogP contribution is -2.31.